The molecule has 1 aliphatic carbocycles. The number of aryl methyl sites for hydroxylation is 1. The van der Waals surface area contributed by atoms with Crippen LogP contribution in [-0.4, -0.2) is 17.1 Å². The molecule has 0 spiro atoms. The number of esters is 1. The lowest BCUT2D eigenvalue weighted by Crippen LogP contribution is -2.11. The maximum absolute atomic E-state index is 12.1. The van der Waals surface area contributed by atoms with Crippen molar-refractivity contribution in [2.24, 2.45) is 0 Å². The monoisotopic (exact) mass is 594 g/mol. The number of allylic oxidation sites excluding steroid dienone is 4. The molecule has 0 aliphatic heterocycles. The fourth-order valence-corrected chi connectivity index (χ4v) is 5.57. The SMILES string of the molecule is C=C(NCc1ccc(Br)cc1)c1ccc2c(c1)c(C)c(C)n2CC1=CCCC=C1c1ccc(C(=O)OCC)cc1. The molecular weight excluding hydrogens is 560 g/mol. The van der Waals surface area contributed by atoms with E-state index in [0.29, 0.717) is 12.2 Å². The van der Waals surface area contributed by atoms with Crippen molar-refractivity contribution in [1.29, 1.82) is 0 Å². The second kappa shape index (κ2) is 12.1. The van der Waals surface area contributed by atoms with E-state index >= 15 is 0 Å². The summed E-state index contributed by atoms with van der Waals surface area (Å²) in [5, 5.41) is 4.74. The quantitative estimate of drug-likeness (QED) is 0.197. The Morgan fingerprint density at radius 3 is 2.40 bits per heavy atom. The standard InChI is InChI=1S/C35H35BrN2O2/c1-5-40-35(39)28-14-12-27(13-15-28)32-9-7-6-8-30(32)22-38-25(4)23(2)33-20-29(16-19-34(33)38)24(3)37-21-26-10-17-31(36)18-11-26/h8-20,37H,3,5-7,21-22H2,1-2,4H3. The van der Waals surface area contributed by atoms with Crippen LogP contribution in [0.15, 0.2) is 95.5 Å². The van der Waals surface area contributed by atoms with Gasteiger partial charge >= 0.3 is 5.97 Å². The number of ether oxygens (including phenoxy) is 1. The molecule has 0 bridgehead atoms. The van der Waals surface area contributed by atoms with E-state index in [0.717, 1.165) is 47.2 Å². The van der Waals surface area contributed by atoms with Gasteiger partial charge in [-0.3, -0.25) is 0 Å². The number of halogens is 1. The predicted molar refractivity (Wildman–Crippen MR) is 169 cm³/mol. The number of carbonyl (C=O) groups excluding carboxylic acids is 1. The molecule has 204 valence electrons. The molecule has 0 amide bonds. The van der Waals surface area contributed by atoms with E-state index in [4.69, 9.17) is 4.74 Å². The molecule has 1 aromatic heterocycles. The minimum atomic E-state index is -0.280. The van der Waals surface area contributed by atoms with Crippen LogP contribution in [0.4, 0.5) is 0 Å². The van der Waals surface area contributed by atoms with Crippen molar-refractivity contribution < 1.29 is 9.53 Å². The molecule has 40 heavy (non-hydrogen) atoms. The van der Waals surface area contributed by atoms with Gasteiger partial charge in [-0.2, -0.15) is 0 Å². The minimum absolute atomic E-state index is 0.280. The van der Waals surface area contributed by atoms with E-state index in [1.54, 1.807) is 0 Å². The van der Waals surface area contributed by atoms with Crippen LogP contribution in [0.3, 0.4) is 0 Å². The lowest BCUT2D eigenvalue weighted by atomic mass is 9.91. The molecular formula is C35H35BrN2O2. The first-order chi connectivity index (χ1) is 19.4. The summed E-state index contributed by atoms with van der Waals surface area (Å²) in [5.74, 6) is -0.280. The maximum atomic E-state index is 12.1. The molecule has 0 unspecified atom stereocenters. The van der Waals surface area contributed by atoms with E-state index < -0.39 is 0 Å². The van der Waals surface area contributed by atoms with Crippen LogP contribution in [-0.2, 0) is 17.8 Å². The van der Waals surface area contributed by atoms with Crippen LogP contribution in [0.1, 0.15) is 58.1 Å². The van der Waals surface area contributed by atoms with E-state index in [1.807, 2.05) is 31.2 Å². The second-order valence-corrected chi connectivity index (χ2v) is 11.1. The zero-order valence-electron chi connectivity index (χ0n) is 23.4. The first-order valence-electron chi connectivity index (χ1n) is 13.8. The summed E-state index contributed by atoms with van der Waals surface area (Å²) in [6.07, 6.45) is 6.73. The highest BCUT2D eigenvalue weighted by Gasteiger charge is 2.18. The predicted octanol–water partition coefficient (Wildman–Crippen LogP) is 8.76. The smallest absolute Gasteiger partial charge is 0.338 e. The van der Waals surface area contributed by atoms with Gasteiger partial charge in [0.1, 0.15) is 0 Å². The highest BCUT2D eigenvalue weighted by atomic mass is 79.9. The van der Waals surface area contributed by atoms with Crippen molar-refractivity contribution in [2.45, 2.75) is 46.7 Å². The lowest BCUT2D eigenvalue weighted by Gasteiger charge is -2.19. The summed E-state index contributed by atoms with van der Waals surface area (Å²) in [4.78, 5) is 12.1. The summed E-state index contributed by atoms with van der Waals surface area (Å²) in [6.45, 7) is 12.4. The fraction of sp³-hybridized carbons (Fsp3) is 0.229. The van der Waals surface area contributed by atoms with Crippen molar-refractivity contribution in [3.8, 4) is 0 Å². The molecule has 0 radical (unpaired) electrons. The van der Waals surface area contributed by atoms with E-state index in [1.165, 1.54) is 38.9 Å². The molecule has 5 heteroatoms. The van der Waals surface area contributed by atoms with Gasteiger partial charge in [0.15, 0.2) is 0 Å². The molecule has 0 saturated heterocycles. The Labute approximate surface area is 245 Å². The Bertz CT molecular complexity index is 1620. The summed E-state index contributed by atoms with van der Waals surface area (Å²) in [5.41, 5.74) is 11.3. The third-order valence-electron chi connectivity index (χ3n) is 7.69. The van der Waals surface area contributed by atoms with Crippen LogP contribution in [0.2, 0.25) is 0 Å². The molecule has 0 saturated carbocycles. The summed E-state index contributed by atoms with van der Waals surface area (Å²) in [7, 11) is 0. The molecule has 4 aromatic rings. The number of fused-ring (bicyclic) bond motifs is 1. The Hall–Kier alpha value is -3.83. The molecule has 0 fully saturated rings. The number of nitrogens with zero attached hydrogens (tertiary/aromatic N) is 1. The number of carbonyl (C=O) groups is 1. The third-order valence-corrected chi connectivity index (χ3v) is 8.22. The average molecular weight is 596 g/mol. The molecule has 4 nitrogen and oxygen atoms in total. The van der Waals surface area contributed by atoms with Crippen molar-refractivity contribution >= 4 is 44.1 Å². The van der Waals surface area contributed by atoms with Gasteiger partial charge in [0, 0.05) is 39.9 Å². The molecule has 1 N–H and O–H groups in total. The van der Waals surface area contributed by atoms with Gasteiger partial charge < -0.3 is 14.6 Å². The van der Waals surface area contributed by atoms with Gasteiger partial charge in [-0.15, -0.1) is 0 Å². The van der Waals surface area contributed by atoms with Gasteiger partial charge in [-0.1, -0.05) is 65.0 Å². The Morgan fingerprint density at radius 2 is 1.68 bits per heavy atom. The van der Waals surface area contributed by atoms with Crippen molar-refractivity contribution in [3.05, 3.63) is 129 Å². The van der Waals surface area contributed by atoms with Crippen LogP contribution in [0.25, 0.3) is 22.2 Å². The molecule has 3 aromatic carbocycles. The maximum Gasteiger partial charge on any atom is 0.338 e. The van der Waals surface area contributed by atoms with Crippen LogP contribution in [0.5, 0.6) is 0 Å². The first-order valence-corrected chi connectivity index (χ1v) is 14.6. The number of nitrogens with one attached hydrogen (secondary N) is 1. The van der Waals surface area contributed by atoms with Crippen LogP contribution in [0, 0.1) is 13.8 Å². The second-order valence-electron chi connectivity index (χ2n) is 10.2. The van der Waals surface area contributed by atoms with Crippen molar-refractivity contribution in [1.82, 2.24) is 9.88 Å². The normalized spacial score (nSPS) is 13.1. The number of hydrogen-bond donors (Lipinski definition) is 1. The zero-order valence-corrected chi connectivity index (χ0v) is 25.0. The highest BCUT2D eigenvalue weighted by Crippen LogP contribution is 2.34. The lowest BCUT2D eigenvalue weighted by molar-refractivity contribution is 0.0526. The van der Waals surface area contributed by atoms with Crippen LogP contribution < -0.4 is 5.32 Å². The number of hydrogen-bond acceptors (Lipinski definition) is 3. The summed E-state index contributed by atoms with van der Waals surface area (Å²) >= 11 is 3.50. The highest BCUT2D eigenvalue weighted by molar-refractivity contribution is 9.10. The molecule has 1 aliphatic rings. The van der Waals surface area contributed by atoms with E-state index in [2.05, 4.69) is 101 Å². The van der Waals surface area contributed by atoms with Gasteiger partial charge in [-0.25, -0.2) is 4.79 Å². The van der Waals surface area contributed by atoms with E-state index in [9.17, 15) is 4.79 Å². The molecule has 5 rings (SSSR count). The van der Waals surface area contributed by atoms with Gasteiger partial charge in [0.2, 0.25) is 0 Å². The number of rotatable bonds is 9. The summed E-state index contributed by atoms with van der Waals surface area (Å²) in [6, 6.07) is 22.8. The largest absolute Gasteiger partial charge is 0.462 e. The van der Waals surface area contributed by atoms with Crippen molar-refractivity contribution in [2.75, 3.05) is 6.61 Å². The van der Waals surface area contributed by atoms with E-state index in [-0.39, 0.29) is 5.97 Å². The topological polar surface area (TPSA) is 43.3 Å². The third kappa shape index (κ3) is 5.85. The average Bonchev–Trinajstić information content (AvgIpc) is 3.21. The Kier molecular flexibility index (Phi) is 8.41. The van der Waals surface area contributed by atoms with Gasteiger partial charge in [0.05, 0.1) is 12.2 Å². The number of aromatic nitrogens is 1. The molecule has 0 atom stereocenters. The first kappa shape index (κ1) is 27.7. The van der Waals surface area contributed by atoms with Gasteiger partial charge in [-0.05, 0) is 103 Å². The number of benzene rings is 3. The van der Waals surface area contributed by atoms with Crippen molar-refractivity contribution in [3.63, 3.8) is 0 Å². The zero-order chi connectivity index (χ0) is 28.2. The summed E-state index contributed by atoms with van der Waals surface area (Å²) < 4.78 is 8.65. The minimum Gasteiger partial charge on any atom is -0.462 e. The van der Waals surface area contributed by atoms with Crippen LogP contribution >= 0.6 is 15.9 Å². The van der Waals surface area contributed by atoms with Gasteiger partial charge in [0.25, 0.3) is 0 Å². The Balaban J connectivity index is 1.37. The molecule has 1 heterocycles. The Morgan fingerprint density at radius 1 is 0.975 bits per heavy atom. The fourth-order valence-electron chi connectivity index (χ4n) is 5.30.